The third kappa shape index (κ3) is 3.77. The minimum absolute atomic E-state index is 0.0736. The lowest BCUT2D eigenvalue weighted by atomic mass is 10.1. The molecule has 0 aliphatic carbocycles. The van der Waals surface area contributed by atoms with Crippen LogP contribution in [0, 0.1) is 10.1 Å². The van der Waals surface area contributed by atoms with Gasteiger partial charge in [-0.05, 0) is 6.08 Å². The number of non-ortho nitro benzene ring substituents is 1. The van der Waals surface area contributed by atoms with Crippen LogP contribution in [-0.2, 0) is 16.1 Å². The summed E-state index contributed by atoms with van der Waals surface area (Å²) in [5.41, 5.74) is 3.52. The van der Waals surface area contributed by atoms with Crippen molar-refractivity contribution in [2.45, 2.75) is 6.61 Å². The number of hydrogen-bond acceptors (Lipinski definition) is 6. The molecule has 112 valence electrons. The van der Waals surface area contributed by atoms with Crippen LogP contribution in [0.5, 0.6) is 5.75 Å². The van der Waals surface area contributed by atoms with E-state index in [1.165, 1.54) is 29.3 Å². The van der Waals surface area contributed by atoms with Crippen molar-refractivity contribution in [1.82, 2.24) is 10.4 Å². The minimum Gasteiger partial charge on any atom is -0.467 e. The van der Waals surface area contributed by atoms with E-state index >= 15 is 0 Å². The molecule has 0 unspecified atom stereocenters. The molecule has 0 fully saturated rings. The second-order valence-corrected chi connectivity index (χ2v) is 4.59. The van der Waals surface area contributed by atoms with Crippen molar-refractivity contribution in [2.75, 3.05) is 20.9 Å². The number of fused-ring (bicyclic) bond motifs is 1. The summed E-state index contributed by atoms with van der Waals surface area (Å²) in [7, 11) is 3.36. The first-order valence-corrected chi connectivity index (χ1v) is 6.15. The van der Waals surface area contributed by atoms with Crippen molar-refractivity contribution in [2.24, 2.45) is 0 Å². The zero-order valence-electron chi connectivity index (χ0n) is 11.7. The van der Waals surface area contributed by atoms with E-state index in [2.05, 4.69) is 5.43 Å². The van der Waals surface area contributed by atoms with Gasteiger partial charge in [0.1, 0.15) is 5.75 Å². The fourth-order valence-corrected chi connectivity index (χ4v) is 1.88. The van der Waals surface area contributed by atoms with Crippen LogP contribution in [0.4, 0.5) is 5.69 Å². The lowest BCUT2D eigenvalue weighted by molar-refractivity contribution is -0.385. The highest BCUT2D eigenvalue weighted by Crippen LogP contribution is 2.33. The van der Waals surface area contributed by atoms with Gasteiger partial charge in [0, 0.05) is 43.4 Å². The maximum atomic E-state index is 11.6. The van der Waals surface area contributed by atoms with Gasteiger partial charge < -0.3 is 9.47 Å². The van der Waals surface area contributed by atoms with Crippen LogP contribution < -0.4 is 10.2 Å². The average Bonchev–Trinajstić information content (AvgIpc) is 2.43. The van der Waals surface area contributed by atoms with Crippen molar-refractivity contribution in [3.63, 3.8) is 0 Å². The molecule has 8 heteroatoms. The second-order valence-electron chi connectivity index (χ2n) is 4.59. The molecule has 8 nitrogen and oxygen atoms in total. The fourth-order valence-electron chi connectivity index (χ4n) is 1.88. The standard InChI is InChI=1S/C13H15N3O5/c1-15(2)14-12(17)4-3-9-5-11(16(18)19)6-10-7-20-8-21-13(9)10/h3-6H,7-8H2,1-2H3,(H,14,17)/b4-3+. The van der Waals surface area contributed by atoms with E-state index < -0.39 is 4.92 Å². The summed E-state index contributed by atoms with van der Waals surface area (Å²) >= 11 is 0. The zero-order chi connectivity index (χ0) is 15.4. The number of rotatable bonds is 4. The summed E-state index contributed by atoms with van der Waals surface area (Å²) in [5.74, 6) is 0.160. The molecule has 1 heterocycles. The fraction of sp³-hybridized carbons (Fsp3) is 0.308. The van der Waals surface area contributed by atoms with Crippen LogP contribution in [0.2, 0.25) is 0 Å². The number of amides is 1. The molecule has 0 saturated heterocycles. The van der Waals surface area contributed by atoms with Crippen molar-refractivity contribution in [3.8, 4) is 5.75 Å². The van der Waals surface area contributed by atoms with Gasteiger partial charge in [-0.15, -0.1) is 0 Å². The Morgan fingerprint density at radius 1 is 1.48 bits per heavy atom. The molecule has 2 rings (SSSR count). The Balaban J connectivity index is 2.33. The molecule has 1 aliphatic heterocycles. The summed E-state index contributed by atoms with van der Waals surface area (Å²) in [4.78, 5) is 22.0. The molecule has 0 bridgehead atoms. The molecule has 1 aromatic rings. The van der Waals surface area contributed by atoms with E-state index in [0.29, 0.717) is 16.9 Å². The van der Waals surface area contributed by atoms with Crippen molar-refractivity contribution < 1.29 is 19.2 Å². The van der Waals surface area contributed by atoms with Crippen LogP contribution in [0.3, 0.4) is 0 Å². The molecule has 1 N–H and O–H groups in total. The first-order chi connectivity index (χ1) is 9.97. The molecule has 0 spiro atoms. The predicted molar refractivity (Wildman–Crippen MR) is 74.2 cm³/mol. The largest absolute Gasteiger partial charge is 0.467 e. The number of ether oxygens (including phenoxy) is 2. The molecule has 0 radical (unpaired) electrons. The summed E-state index contributed by atoms with van der Waals surface area (Å²) in [5, 5.41) is 12.4. The third-order valence-corrected chi connectivity index (χ3v) is 2.68. The normalized spacial score (nSPS) is 13.9. The van der Waals surface area contributed by atoms with Gasteiger partial charge >= 0.3 is 0 Å². The zero-order valence-corrected chi connectivity index (χ0v) is 11.7. The lowest BCUT2D eigenvalue weighted by Gasteiger charge is -2.19. The summed E-state index contributed by atoms with van der Waals surface area (Å²) < 4.78 is 10.5. The van der Waals surface area contributed by atoms with Gasteiger partial charge in [0.15, 0.2) is 6.79 Å². The Hall–Kier alpha value is -2.45. The molecule has 0 aromatic heterocycles. The molecular weight excluding hydrogens is 278 g/mol. The summed E-state index contributed by atoms with van der Waals surface area (Å²) in [6, 6.07) is 2.77. The Morgan fingerprint density at radius 3 is 2.90 bits per heavy atom. The quantitative estimate of drug-likeness (QED) is 0.507. The number of nitrogens with zero attached hydrogens (tertiary/aromatic N) is 2. The maximum Gasteiger partial charge on any atom is 0.270 e. The van der Waals surface area contributed by atoms with Gasteiger partial charge in [-0.25, -0.2) is 5.01 Å². The highest BCUT2D eigenvalue weighted by atomic mass is 16.7. The number of hydrogen-bond donors (Lipinski definition) is 1. The Bertz CT molecular complexity index is 598. The molecule has 0 atom stereocenters. The van der Waals surface area contributed by atoms with Crippen LogP contribution in [0.25, 0.3) is 6.08 Å². The third-order valence-electron chi connectivity index (χ3n) is 2.68. The van der Waals surface area contributed by atoms with E-state index in [4.69, 9.17) is 9.47 Å². The average molecular weight is 293 g/mol. The SMILES string of the molecule is CN(C)NC(=O)/C=C/c1cc([N+](=O)[O-])cc2c1OCOC2. The van der Waals surface area contributed by atoms with Gasteiger partial charge in [0.25, 0.3) is 11.6 Å². The highest BCUT2D eigenvalue weighted by molar-refractivity contribution is 5.92. The van der Waals surface area contributed by atoms with E-state index in [9.17, 15) is 14.9 Å². The predicted octanol–water partition coefficient (Wildman–Crippen LogP) is 1.07. The Labute approximate surface area is 121 Å². The number of hydrazine groups is 1. The summed E-state index contributed by atoms with van der Waals surface area (Å²) in [6.07, 6.45) is 2.77. The van der Waals surface area contributed by atoms with Gasteiger partial charge in [-0.1, -0.05) is 0 Å². The van der Waals surface area contributed by atoms with Gasteiger partial charge in [0.2, 0.25) is 0 Å². The first kappa shape index (κ1) is 14.9. The molecule has 1 amide bonds. The van der Waals surface area contributed by atoms with Crippen LogP contribution in [0.15, 0.2) is 18.2 Å². The van der Waals surface area contributed by atoms with Gasteiger partial charge in [-0.2, -0.15) is 0 Å². The van der Waals surface area contributed by atoms with E-state index in [0.717, 1.165) is 0 Å². The number of carbonyl (C=O) groups is 1. The highest BCUT2D eigenvalue weighted by Gasteiger charge is 2.19. The number of nitro groups is 1. The van der Waals surface area contributed by atoms with Crippen molar-refractivity contribution >= 4 is 17.7 Å². The Kier molecular flexibility index (Phi) is 4.51. The van der Waals surface area contributed by atoms with Crippen molar-refractivity contribution in [1.29, 1.82) is 0 Å². The second kappa shape index (κ2) is 6.33. The van der Waals surface area contributed by atoms with E-state index in [1.54, 1.807) is 14.1 Å². The van der Waals surface area contributed by atoms with E-state index in [1.807, 2.05) is 0 Å². The maximum absolute atomic E-state index is 11.6. The van der Waals surface area contributed by atoms with Gasteiger partial charge in [-0.3, -0.25) is 20.3 Å². The van der Waals surface area contributed by atoms with Gasteiger partial charge in [0.05, 0.1) is 11.5 Å². The first-order valence-electron chi connectivity index (χ1n) is 6.15. The number of nitro benzene ring substituents is 1. The van der Waals surface area contributed by atoms with E-state index in [-0.39, 0.29) is 25.0 Å². The lowest BCUT2D eigenvalue weighted by Crippen LogP contribution is -2.34. The Morgan fingerprint density at radius 2 is 2.24 bits per heavy atom. The topological polar surface area (TPSA) is 93.9 Å². The van der Waals surface area contributed by atoms with Crippen LogP contribution in [0.1, 0.15) is 11.1 Å². The minimum atomic E-state index is -0.494. The smallest absolute Gasteiger partial charge is 0.270 e. The molecule has 0 saturated carbocycles. The number of carbonyl (C=O) groups excluding carboxylic acids is 1. The number of benzene rings is 1. The summed E-state index contributed by atoms with van der Waals surface area (Å²) in [6.45, 7) is 0.317. The van der Waals surface area contributed by atoms with Crippen molar-refractivity contribution in [3.05, 3.63) is 39.4 Å². The van der Waals surface area contributed by atoms with Crippen LogP contribution in [-0.4, -0.2) is 36.7 Å². The molecule has 21 heavy (non-hydrogen) atoms. The van der Waals surface area contributed by atoms with Crippen LogP contribution >= 0.6 is 0 Å². The monoisotopic (exact) mass is 293 g/mol. The molecular formula is C13H15N3O5. The molecule has 1 aromatic carbocycles. The molecule has 1 aliphatic rings. The number of nitrogens with one attached hydrogen (secondary N) is 1.